The predicted octanol–water partition coefficient (Wildman–Crippen LogP) is 1.97. The zero-order valence-corrected chi connectivity index (χ0v) is 14.8. The molecule has 3 atom stereocenters. The van der Waals surface area contributed by atoms with Crippen LogP contribution < -0.4 is 16.2 Å². The van der Waals surface area contributed by atoms with E-state index in [9.17, 15) is 4.79 Å². The molecule has 0 aromatic carbocycles. The lowest BCUT2D eigenvalue weighted by molar-refractivity contribution is -0.108. The molecule has 1 rings (SSSR count). The summed E-state index contributed by atoms with van der Waals surface area (Å²) in [5.41, 5.74) is 8.40. The lowest BCUT2D eigenvalue weighted by atomic mass is 9.89. The van der Waals surface area contributed by atoms with Crippen molar-refractivity contribution in [2.45, 2.75) is 33.1 Å². The minimum absolute atomic E-state index is 0.413. The minimum atomic E-state index is 0.413. The number of carbonyl (C=O) groups excluding carboxylic acids is 1. The van der Waals surface area contributed by atoms with E-state index >= 15 is 0 Å². The molecular weight excluding hydrogens is 292 g/mol. The van der Waals surface area contributed by atoms with Gasteiger partial charge in [0, 0.05) is 33.1 Å². The number of allylic oxidation sites excluding steroid dienone is 2. The number of hydrogen-bond acceptors (Lipinski definition) is 5. The summed E-state index contributed by atoms with van der Waals surface area (Å²) in [6.07, 6.45) is 7.56. The maximum atomic E-state index is 10.7. The number of hydrazine groups is 1. The quantitative estimate of drug-likeness (QED) is 0.188. The number of carbonyl (C=O) groups is 1. The summed E-state index contributed by atoms with van der Waals surface area (Å²) in [7, 11) is 5.22. The summed E-state index contributed by atoms with van der Waals surface area (Å²) in [5, 5.41) is 7.06. The third kappa shape index (κ3) is 6.06. The van der Waals surface area contributed by atoms with E-state index in [1.165, 1.54) is 11.1 Å². The average molecular weight is 322 g/mol. The first kappa shape index (κ1) is 19.2. The Hall–Kier alpha value is -1.82. The molecule has 0 aliphatic heterocycles. The first-order valence-electron chi connectivity index (χ1n) is 8.08. The molecule has 0 aromatic heterocycles. The van der Waals surface area contributed by atoms with Crippen LogP contribution in [0.2, 0.25) is 0 Å². The second kappa shape index (κ2) is 10.0. The molecule has 0 radical (unpaired) electrons. The molecule has 1 aliphatic rings. The molecule has 23 heavy (non-hydrogen) atoms. The van der Waals surface area contributed by atoms with Crippen molar-refractivity contribution in [3.63, 3.8) is 0 Å². The van der Waals surface area contributed by atoms with Gasteiger partial charge in [0.25, 0.3) is 0 Å². The topological polar surface area (TPSA) is 74.8 Å². The monoisotopic (exact) mass is 322 g/mol. The van der Waals surface area contributed by atoms with Crippen LogP contribution in [0, 0.1) is 17.8 Å². The SMILES string of the molecule is CNN/C=C/C(=C(\C)C/C(=N/OC)NC)[C@@H](C)C1CC1CC=O. The summed E-state index contributed by atoms with van der Waals surface area (Å²) < 4.78 is 0. The molecule has 0 bridgehead atoms. The van der Waals surface area contributed by atoms with E-state index in [2.05, 4.69) is 41.2 Å². The van der Waals surface area contributed by atoms with Crippen molar-refractivity contribution < 1.29 is 9.63 Å². The van der Waals surface area contributed by atoms with Gasteiger partial charge in [-0.05, 0) is 42.7 Å². The van der Waals surface area contributed by atoms with Crippen molar-refractivity contribution in [1.29, 1.82) is 0 Å². The number of aldehydes is 1. The van der Waals surface area contributed by atoms with E-state index in [-0.39, 0.29) is 0 Å². The first-order chi connectivity index (χ1) is 11.1. The summed E-state index contributed by atoms with van der Waals surface area (Å²) >= 11 is 0. The van der Waals surface area contributed by atoms with Gasteiger partial charge in [-0.15, -0.1) is 0 Å². The summed E-state index contributed by atoms with van der Waals surface area (Å²) in [6, 6.07) is 0. The van der Waals surface area contributed by atoms with Gasteiger partial charge in [0.15, 0.2) is 0 Å². The molecule has 0 amide bonds. The van der Waals surface area contributed by atoms with Crippen molar-refractivity contribution in [2.24, 2.45) is 22.9 Å². The lowest BCUT2D eigenvalue weighted by Crippen LogP contribution is -2.21. The normalized spacial score (nSPS) is 23.3. The highest BCUT2D eigenvalue weighted by Crippen LogP contribution is 2.49. The first-order valence-corrected chi connectivity index (χ1v) is 8.08. The van der Waals surface area contributed by atoms with Gasteiger partial charge in [0.05, 0.1) is 0 Å². The second-order valence-electron chi connectivity index (χ2n) is 5.96. The van der Waals surface area contributed by atoms with Gasteiger partial charge in [-0.25, -0.2) is 5.43 Å². The van der Waals surface area contributed by atoms with Crippen LogP contribution in [-0.2, 0) is 9.63 Å². The Labute approximate surface area is 139 Å². The number of nitrogens with zero attached hydrogens (tertiary/aromatic N) is 1. The fourth-order valence-corrected chi connectivity index (χ4v) is 3.04. The van der Waals surface area contributed by atoms with Gasteiger partial charge in [0.1, 0.15) is 19.2 Å². The standard InChI is InChI=1S/C17H30N4O2/c1-12(10-17(18-3)21-23-5)15(6-8-20-19-4)13(2)16-11-14(16)7-9-22/h6,8-9,13-14,16,19-20H,7,10-11H2,1-5H3,(H,18,21)/b8-6+,15-12-/t13-,14?,16?/m1/s1. The summed E-state index contributed by atoms with van der Waals surface area (Å²) in [5.74, 6) is 2.33. The van der Waals surface area contributed by atoms with Crippen LogP contribution in [0.5, 0.6) is 0 Å². The molecule has 1 fully saturated rings. The molecule has 0 saturated heterocycles. The third-order valence-electron chi connectivity index (χ3n) is 4.42. The van der Waals surface area contributed by atoms with Crippen molar-refractivity contribution in [3.8, 4) is 0 Å². The van der Waals surface area contributed by atoms with E-state index in [0.717, 1.165) is 18.5 Å². The van der Waals surface area contributed by atoms with Crippen LogP contribution in [0.25, 0.3) is 0 Å². The number of amidine groups is 1. The Kier molecular flexibility index (Phi) is 8.40. The Morgan fingerprint density at radius 2 is 2.17 bits per heavy atom. The maximum Gasteiger partial charge on any atom is 0.145 e. The van der Waals surface area contributed by atoms with E-state index in [1.807, 2.05) is 20.3 Å². The van der Waals surface area contributed by atoms with Crippen LogP contribution in [-0.4, -0.2) is 33.3 Å². The summed E-state index contributed by atoms with van der Waals surface area (Å²) in [4.78, 5) is 15.6. The van der Waals surface area contributed by atoms with Crippen LogP contribution in [0.1, 0.15) is 33.1 Å². The molecule has 6 nitrogen and oxygen atoms in total. The van der Waals surface area contributed by atoms with Gasteiger partial charge < -0.3 is 20.4 Å². The molecule has 130 valence electrons. The van der Waals surface area contributed by atoms with E-state index in [4.69, 9.17) is 4.84 Å². The fourth-order valence-electron chi connectivity index (χ4n) is 3.04. The smallest absolute Gasteiger partial charge is 0.145 e. The summed E-state index contributed by atoms with van der Waals surface area (Å²) in [6.45, 7) is 4.36. The average Bonchev–Trinajstić information content (AvgIpc) is 3.30. The van der Waals surface area contributed by atoms with Crippen molar-refractivity contribution in [1.82, 2.24) is 16.2 Å². The Bertz CT molecular complexity index is 471. The molecule has 6 heteroatoms. The van der Waals surface area contributed by atoms with Crippen molar-refractivity contribution in [2.75, 3.05) is 21.2 Å². The minimum Gasteiger partial charge on any atom is -0.398 e. The largest absolute Gasteiger partial charge is 0.398 e. The van der Waals surface area contributed by atoms with Gasteiger partial charge in [0.2, 0.25) is 0 Å². The molecule has 0 spiro atoms. The Morgan fingerprint density at radius 1 is 1.43 bits per heavy atom. The number of hydrogen-bond donors (Lipinski definition) is 3. The van der Waals surface area contributed by atoms with Gasteiger partial charge in [-0.2, -0.15) is 0 Å². The van der Waals surface area contributed by atoms with Crippen LogP contribution in [0.15, 0.2) is 28.6 Å². The molecule has 0 aromatic rings. The lowest BCUT2D eigenvalue weighted by Gasteiger charge is -2.17. The highest BCUT2D eigenvalue weighted by atomic mass is 16.6. The molecule has 0 heterocycles. The third-order valence-corrected chi connectivity index (χ3v) is 4.42. The van der Waals surface area contributed by atoms with Gasteiger partial charge >= 0.3 is 0 Å². The van der Waals surface area contributed by atoms with Crippen molar-refractivity contribution >= 4 is 12.1 Å². The highest BCUT2D eigenvalue weighted by Gasteiger charge is 2.41. The second-order valence-corrected chi connectivity index (χ2v) is 5.96. The zero-order valence-electron chi connectivity index (χ0n) is 14.8. The van der Waals surface area contributed by atoms with Gasteiger partial charge in [-0.1, -0.05) is 17.7 Å². The number of rotatable bonds is 10. The zero-order chi connectivity index (χ0) is 17.2. The van der Waals surface area contributed by atoms with Crippen LogP contribution in [0.4, 0.5) is 0 Å². The van der Waals surface area contributed by atoms with Crippen LogP contribution in [0.3, 0.4) is 0 Å². The predicted molar refractivity (Wildman–Crippen MR) is 93.6 cm³/mol. The highest BCUT2D eigenvalue weighted by molar-refractivity contribution is 5.83. The molecular formula is C17H30N4O2. The molecule has 1 aliphatic carbocycles. The van der Waals surface area contributed by atoms with Crippen molar-refractivity contribution in [3.05, 3.63) is 23.4 Å². The van der Waals surface area contributed by atoms with Crippen LogP contribution >= 0.6 is 0 Å². The van der Waals surface area contributed by atoms with E-state index in [1.54, 1.807) is 7.11 Å². The fraction of sp³-hybridized carbons (Fsp3) is 0.647. The van der Waals surface area contributed by atoms with E-state index in [0.29, 0.717) is 30.6 Å². The Balaban J connectivity index is 2.91. The molecule has 1 saturated carbocycles. The number of oxime groups is 1. The number of nitrogens with one attached hydrogen (secondary N) is 3. The van der Waals surface area contributed by atoms with E-state index < -0.39 is 0 Å². The molecule has 2 unspecified atom stereocenters. The molecule has 3 N–H and O–H groups in total. The Morgan fingerprint density at radius 3 is 2.74 bits per heavy atom. The maximum absolute atomic E-state index is 10.7. The van der Waals surface area contributed by atoms with Gasteiger partial charge in [-0.3, -0.25) is 0 Å².